The summed E-state index contributed by atoms with van der Waals surface area (Å²) in [7, 11) is 1.62. The highest BCUT2D eigenvalue weighted by molar-refractivity contribution is 5.99. The average molecular weight is 378 g/mol. The summed E-state index contributed by atoms with van der Waals surface area (Å²) in [4.78, 5) is 9.05. The highest BCUT2D eigenvalue weighted by atomic mass is 19.1. The van der Waals surface area contributed by atoms with Crippen molar-refractivity contribution in [1.29, 1.82) is 0 Å². The maximum absolute atomic E-state index is 13.8. The van der Waals surface area contributed by atoms with Crippen LogP contribution in [-0.4, -0.2) is 40.0 Å². The number of hydrogen-bond acceptors (Lipinski definition) is 6. The summed E-state index contributed by atoms with van der Waals surface area (Å²) in [5, 5.41) is 8.23. The third-order valence-corrected chi connectivity index (χ3v) is 4.26. The second-order valence-electron chi connectivity index (χ2n) is 6.16. The summed E-state index contributed by atoms with van der Waals surface area (Å²) in [6.45, 7) is 1.02. The maximum Gasteiger partial charge on any atom is 0.225 e. The highest BCUT2D eigenvalue weighted by Gasteiger charge is 2.19. The van der Waals surface area contributed by atoms with E-state index >= 15 is 0 Å². The molecule has 0 unspecified atom stereocenters. The quantitative estimate of drug-likeness (QED) is 0.501. The fourth-order valence-electron chi connectivity index (χ4n) is 2.97. The van der Waals surface area contributed by atoms with Gasteiger partial charge in [0.15, 0.2) is 5.65 Å². The SMILES string of the molecule is COCCNc1nc(-c2cccc(F)c2)c2c(N)n(-c3ccccc3)nc2n1. The van der Waals surface area contributed by atoms with Crippen molar-refractivity contribution in [3.63, 3.8) is 0 Å². The van der Waals surface area contributed by atoms with Crippen LogP contribution < -0.4 is 11.1 Å². The molecular formula is C20H19FN6O. The Kier molecular flexibility index (Phi) is 4.86. The van der Waals surface area contributed by atoms with Crippen molar-refractivity contribution < 1.29 is 9.13 Å². The fraction of sp³-hybridized carbons (Fsp3) is 0.150. The Labute approximate surface area is 161 Å². The van der Waals surface area contributed by atoms with Crippen molar-refractivity contribution in [1.82, 2.24) is 19.7 Å². The Morgan fingerprint density at radius 1 is 1.11 bits per heavy atom. The van der Waals surface area contributed by atoms with E-state index < -0.39 is 0 Å². The monoisotopic (exact) mass is 378 g/mol. The topological polar surface area (TPSA) is 90.9 Å². The van der Waals surface area contributed by atoms with Crippen LogP contribution in [0.15, 0.2) is 54.6 Å². The van der Waals surface area contributed by atoms with Gasteiger partial charge in [-0.2, -0.15) is 4.98 Å². The lowest BCUT2D eigenvalue weighted by atomic mass is 10.1. The molecule has 0 spiro atoms. The largest absolute Gasteiger partial charge is 0.383 e. The Bertz CT molecular complexity index is 1110. The first-order valence-corrected chi connectivity index (χ1v) is 8.78. The molecule has 0 saturated carbocycles. The van der Waals surface area contributed by atoms with Crippen LogP contribution in [0.2, 0.25) is 0 Å². The molecule has 4 aromatic rings. The number of methoxy groups -OCH3 is 1. The van der Waals surface area contributed by atoms with Crippen LogP contribution in [0.3, 0.4) is 0 Å². The number of hydrogen-bond donors (Lipinski definition) is 2. The molecule has 2 aromatic carbocycles. The smallest absolute Gasteiger partial charge is 0.225 e. The van der Waals surface area contributed by atoms with Gasteiger partial charge >= 0.3 is 0 Å². The number of anilines is 2. The van der Waals surface area contributed by atoms with E-state index in [4.69, 9.17) is 10.5 Å². The van der Waals surface area contributed by atoms with Crippen molar-refractivity contribution in [2.24, 2.45) is 0 Å². The molecular weight excluding hydrogens is 359 g/mol. The lowest BCUT2D eigenvalue weighted by Crippen LogP contribution is -2.10. The zero-order chi connectivity index (χ0) is 19.5. The second kappa shape index (κ2) is 7.61. The second-order valence-corrected chi connectivity index (χ2v) is 6.16. The van der Waals surface area contributed by atoms with Gasteiger partial charge in [0.25, 0.3) is 0 Å². The van der Waals surface area contributed by atoms with Crippen molar-refractivity contribution in [3.8, 4) is 16.9 Å². The molecule has 0 saturated heterocycles. The summed E-state index contributed by atoms with van der Waals surface area (Å²) >= 11 is 0. The van der Waals surface area contributed by atoms with E-state index in [1.165, 1.54) is 12.1 Å². The van der Waals surface area contributed by atoms with Gasteiger partial charge in [-0.05, 0) is 24.3 Å². The fourth-order valence-corrected chi connectivity index (χ4v) is 2.97. The van der Waals surface area contributed by atoms with E-state index in [9.17, 15) is 4.39 Å². The summed E-state index contributed by atoms with van der Waals surface area (Å²) in [6, 6.07) is 15.7. The van der Waals surface area contributed by atoms with Crippen LogP contribution >= 0.6 is 0 Å². The zero-order valence-corrected chi connectivity index (χ0v) is 15.3. The number of fused-ring (bicyclic) bond motifs is 1. The molecule has 0 aliphatic rings. The van der Waals surface area contributed by atoms with Gasteiger partial charge in [-0.25, -0.2) is 14.1 Å². The number of para-hydroxylation sites is 1. The van der Waals surface area contributed by atoms with Crippen molar-refractivity contribution in [2.75, 3.05) is 31.3 Å². The number of nitrogens with zero attached hydrogens (tertiary/aromatic N) is 4. The van der Waals surface area contributed by atoms with Gasteiger partial charge in [-0.15, -0.1) is 5.10 Å². The van der Waals surface area contributed by atoms with Crippen LogP contribution in [0.5, 0.6) is 0 Å². The van der Waals surface area contributed by atoms with Gasteiger partial charge in [-0.1, -0.05) is 30.3 Å². The molecule has 4 rings (SSSR count). The molecule has 0 aliphatic carbocycles. The van der Waals surface area contributed by atoms with Gasteiger partial charge in [0, 0.05) is 19.2 Å². The summed E-state index contributed by atoms with van der Waals surface area (Å²) in [5.74, 6) is 0.414. The van der Waals surface area contributed by atoms with Crippen LogP contribution in [0.1, 0.15) is 0 Å². The van der Waals surface area contributed by atoms with E-state index in [1.54, 1.807) is 23.9 Å². The van der Waals surface area contributed by atoms with Crippen LogP contribution in [0.4, 0.5) is 16.2 Å². The number of aromatic nitrogens is 4. The maximum atomic E-state index is 13.8. The molecule has 8 heteroatoms. The Hall–Kier alpha value is -3.52. The Morgan fingerprint density at radius 3 is 2.68 bits per heavy atom. The number of ether oxygens (including phenoxy) is 1. The first-order valence-electron chi connectivity index (χ1n) is 8.78. The molecule has 0 atom stereocenters. The zero-order valence-electron chi connectivity index (χ0n) is 15.3. The van der Waals surface area contributed by atoms with E-state index in [0.29, 0.717) is 47.2 Å². The van der Waals surface area contributed by atoms with E-state index in [1.807, 2.05) is 30.3 Å². The lowest BCUT2D eigenvalue weighted by molar-refractivity contribution is 0.210. The van der Waals surface area contributed by atoms with Gasteiger partial charge in [0.05, 0.1) is 23.4 Å². The summed E-state index contributed by atoms with van der Waals surface area (Å²) in [6.07, 6.45) is 0. The van der Waals surface area contributed by atoms with E-state index in [0.717, 1.165) is 5.69 Å². The summed E-state index contributed by atoms with van der Waals surface area (Å²) < 4.78 is 20.5. The molecule has 0 radical (unpaired) electrons. The molecule has 0 bridgehead atoms. The Morgan fingerprint density at radius 2 is 1.93 bits per heavy atom. The minimum Gasteiger partial charge on any atom is -0.383 e. The number of nitrogen functional groups attached to an aromatic ring is 1. The molecule has 2 aromatic heterocycles. The van der Waals surface area contributed by atoms with Gasteiger partial charge in [0.1, 0.15) is 11.6 Å². The molecule has 0 amide bonds. The highest BCUT2D eigenvalue weighted by Crippen LogP contribution is 2.32. The number of rotatable bonds is 6. The van der Waals surface area contributed by atoms with Crippen molar-refractivity contribution >= 4 is 22.8 Å². The van der Waals surface area contributed by atoms with Gasteiger partial charge in [-0.3, -0.25) is 0 Å². The third kappa shape index (κ3) is 3.37. The molecule has 0 fully saturated rings. The number of nitrogens with one attached hydrogen (secondary N) is 1. The standard InChI is InChI=1S/C20H19FN6O/c1-28-11-10-23-20-24-17(13-6-5-7-14(21)12-13)16-18(22)27(26-19(16)25-20)15-8-3-2-4-9-15/h2-9,12H,10-11,22H2,1H3,(H,23,25,26). The minimum absolute atomic E-state index is 0.354. The van der Waals surface area contributed by atoms with Crippen LogP contribution in [0.25, 0.3) is 28.0 Å². The van der Waals surface area contributed by atoms with E-state index in [2.05, 4.69) is 20.4 Å². The number of benzene rings is 2. The Balaban J connectivity index is 1.92. The molecule has 0 aliphatic heterocycles. The molecule has 28 heavy (non-hydrogen) atoms. The molecule has 3 N–H and O–H groups in total. The average Bonchev–Trinajstić information content (AvgIpc) is 3.05. The number of halogens is 1. The van der Waals surface area contributed by atoms with Crippen molar-refractivity contribution in [2.45, 2.75) is 0 Å². The molecule has 142 valence electrons. The number of nitrogens with two attached hydrogens (primary N) is 1. The van der Waals surface area contributed by atoms with Gasteiger partial charge < -0.3 is 15.8 Å². The predicted molar refractivity (Wildman–Crippen MR) is 107 cm³/mol. The van der Waals surface area contributed by atoms with Crippen LogP contribution in [-0.2, 0) is 4.74 Å². The van der Waals surface area contributed by atoms with Crippen LogP contribution in [0, 0.1) is 5.82 Å². The summed E-state index contributed by atoms with van der Waals surface area (Å²) in [5.41, 5.74) is 8.75. The minimum atomic E-state index is -0.354. The van der Waals surface area contributed by atoms with Crippen molar-refractivity contribution in [3.05, 3.63) is 60.4 Å². The lowest BCUT2D eigenvalue weighted by Gasteiger charge is -2.08. The molecule has 2 heterocycles. The van der Waals surface area contributed by atoms with Gasteiger partial charge in [0.2, 0.25) is 5.95 Å². The van der Waals surface area contributed by atoms with E-state index in [-0.39, 0.29) is 5.82 Å². The predicted octanol–water partition coefficient (Wildman–Crippen LogP) is 3.26. The molecule has 7 nitrogen and oxygen atoms in total. The first kappa shape index (κ1) is 17.9. The third-order valence-electron chi connectivity index (χ3n) is 4.26. The normalized spacial score (nSPS) is 11.1. The first-order chi connectivity index (χ1) is 13.7.